The lowest BCUT2D eigenvalue weighted by atomic mass is 10.1. The molecule has 0 unspecified atom stereocenters. The van der Waals surface area contributed by atoms with Crippen LogP contribution < -0.4 is 10.6 Å². The highest BCUT2D eigenvalue weighted by molar-refractivity contribution is 5.29. The summed E-state index contributed by atoms with van der Waals surface area (Å²) in [6.07, 6.45) is 0. The minimum atomic E-state index is 0.395. The van der Waals surface area contributed by atoms with Crippen molar-refractivity contribution in [2.24, 2.45) is 0 Å². The van der Waals surface area contributed by atoms with E-state index in [-0.39, 0.29) is 0 Å². The molecule has 82 valence electrons. The molecule has 4 heteroatoms. The summed E-state index contributed by atoms with van der Waals surface area (Å²) in [6, 6.07) is 0. The molecule has 0 saturated carbocycles. The molecule has 0 bridgehead atoms. The topological polar surface area (TPSA) is 49.8 Å². The fourth-order valence-electron chi connectivity index (χ4n) is 1.83. The zero-order valence-electron chi connectivity index (χ0n) is 9.59. The molecule has 0 spiro atoms. The highest BCUT2D eigenvalue weighted by atomic mass is 15.0. The Morgan fingerprint density at radius 1 is 1.33 bits per heavy atom. The fraction of sp³-hybridized carbons (Fsp3) is 0.636. The summed E-state index contributed by atoms with van der Waals surface area (Å²) < 4.78 is 0. The lowest BCUT2D eigenvalue weighted by Gasteiger charge is -2.10. The summed E-state index contributed by atoms with van der Waals surface area (Å²) in [6.45, 7) is 6.88. The standard InChI is InChI=1S/C11H18N4/c1-7(2)11-14-9(5-12-3)8-4-13-6-10(8)15-11/h7,12-13H,4-6H2,1-3H3. The van der Waals surface area contributed by atoms with E-state index in [2.05, 4.69) is 34.4 Å². The number of fused-ring (bicyclic) bond motifs is 1. The van der Waals surface area contributed by atoms with E-state index in [9.17, 15) is 0 Å². The smallest absolute Gasteiger partial charge is 0.131 e. The van der Waals surface area contributed by atoms with Gasteiger partial charge in [-0.25, -0.2) is 9.97 Å². The zero-order chi connectivity index (χ0) is 10.8. The molecule has 2 heterocycles. The Labute approximate surface area is 90.5 Å². The maximum absolute atomic E-state index is 4.62. The van der Waals surface area contributed by atoms with Gasteiger partial charge in [-0.15, -0.1) is 0 Å². The third-order valence-corrected chi connectivity index (χ3v) is 2.65. The Morgan fingerprint density at radius 2 is 2.13 bits per heavy atom. The second-order valence-corrected chi connectivity index (χ2v) is 4.24. The largest absolute Gasteiger partial charge is 0.314 e. The number of hydrogen-bond donors (Lipinski definition) is 2. The number of nitrogens with zero attached hydrogens (tertiary/aromatic N) is 2. The molecule has 0 radical (unpaired) electrons. The Kier molecular flexibility index (Phi) is 2.98. The average Bonchev–Trinajstić information content (AvgIpc) is 2.65. The van der Waals surface area contributed by atoms with Crippen molar-refractivity contribution in [3.8, 4) is 0 Å². The lowest BCUT2D eigenvalue weighted by molar-refractivity contribution is 0.713. The van der Waals surface area contributed by atoms with Gasteiger partial charge in [0, 0.05) is 31.1 Å². The van der Waals surface area contributed by atoms with E-state index in [1.165, 1.54) is 11.3 Å². The first-order chi connectivity index (χ1) is 7.22. The molecule has 1 aliphatic heterocycles. The number of nitrogens with one attached hydrogen (secondary N) is 2. The molecule has 2 N–H and O–H groups in total. The van der Waals surface area contributed by atoms with Gasteiger partial charge in [0.2, 0.25) is 0 Å². The van der Waals surface area contributed by atoms with Gasteiger partial charge in [-0.1, -0.05) is 13.8 Å². The van der Waals surface area contributed by atoms with Gasteiger partial charge in [-0.3, -0.25) is 0 Å². The Hall–Kier alpha value is -1.00. The second kappa shape index (κ2) is 4.24. The maximum Gasteiger partial charge on any atom is 0.131 e. The van der Waals surface area contributed by atoms with Gasteiger partial charge in [0.05, 0.1) is 11.4 Å². The number of rotatable bonds is 3. The van der Waals surface area contributed by atoms with Crippen LogP contribution in [0.2, 0.25) is 0 Å². The van der Waals surface area contributed by atoms with Gasteiger partial charge in [0.25, 0.3) is 0 Å². The molecule has 0 aromatic carbocycles. The molecular weight excluding hydrogens is 188 g/mol. The van der Waals surface area contributed by atoms with Gasteiger partial charge in [-0.2, -0.15) is 0 Å². The van der Waals surface area contributed by atoms with Gasteiger partial charge in [-0.05, 0) is 7.05 Å². The zero-order valence-corrected chi connectivity index (χ0v) is 9.59. The van der Waals surface area contributed by atoms with Crippen LogP contribution in [0.1, 0.15) is 42.5 Å². The van der Waals surface area contributed by atoms with Crippen molar-refractivity contribution < 1.29 is 0 Å². The lowest BCUT2D eigenvalue weighted by Crippen LogP contribution is -2.13. The van der Waals surface area contributed by atoms with Crippen molar-refractivity contribution in [1.82, 2.24) is 20.6 Å². The SMILES string of the molecule is CNCc1nc(C(C)C)nc2c1CNC2. The molecule has 0 atom stereocenters. The monoisotopic (exact) mass is 206 g/mol. The third kappa shape index (κ3) is 2.01. The van der Waals surface area contributed by atoms with Gasteiger partial charge in [0.1, 0.15) is 5.82 Å². The predicted molar refractivity (Wildman–Crippen MR) is 59.4 cm³/mol. The third-order valence-electron chi connectivity index (χ3n) is 2.65. The molecular formula is C11H18N4. The van der Waals surface area contributed by atoms with Gasteiger partial charge in [0.15, 0.2) is 0 Å². The van der Waals surface area contributed by atoms with Crippen LogP contribution in [0.4, 0.5) is 0 Å². The van der Waals surface area contributed by atoms with E-state index < -0.39 is 0 Å². The predicted octanol–water partition coefficient (Wildman–Crippen LogP) is 0.923. The molecule has 1 aromatic heterocycles. The number of aromatic nitrogens is 2. The molecule has 15 heavy (non-hydrogen) atoms. The summed E-state index contributed by atoms with van der Waals surface area (Å²) in [4.78, 5) is 9.21. The van der Waals surface area contributed by atoms with Crippen LogP contribution in [0.25, 0.3) is 0 Å². The van der Waals surface area contributed by atoms with Gasteiger partial charge < -0.3 is 10.6 Å². The van der Waals surface area contributed by atoms with Crippen LogP contribution in [0.15, 0.2) is 0 Å². The maximum atomic E-state index is 4.62. The van der Waals surface area contributed by atoms with E-state index in [4.69, 9.17) is 0 Å². The van der Waals surface area contributed by atoms with Gasteiger partial charge >= 0.3 is 0 Å². The molecule has 0 amide bonds. The average molecular weight is 206 g/mol. The van der Waals surface area contributed by atoms with E-state index in [1.807, 2.05) is 7.05 Å². The normalized spacial score (nSPS) is 14.7. The van der Waals surface area contributed by atoms with E-state index in [0.717, 1.165) is 31.2 Å². The number of hydrogen-bond acceptors (Lipinski definition) is 4. The molecule has 0 aliphatic carbocycles. The first-order valence-electron chi connectivity index (χ1n) is 5.46. The molecule has 1 aromatic rings. The second-order valence-electron chi connectivity index (χ2n) is 4.24. The first kappa shape index (κ1) is 10.5. The quantitative estimate of drug-likeness (QED) is 0.772. The molecule has 0 saturated heterocycles. The van der Waals surface area contributed by atoms with Crippen LogP contribution >= 0.6 is 0 Å². The summed E-state index contributed by atoms with van der Waals surface area (Å²) in [5, 5.41) is 6.48. The minimum absolute atomic E-state index is 0.395. The summed E-state index contributed by atoms with van der Waals surface area (Å²) in [5.74, 6) is 1.36. The minimum Gasteiger partial charge on any atom is -0.314 e. The fourth-order valence-corrected chi connectivity index (χ4v) is 1.83. The Balaban J connectivity index is 2.43. The molecule has 1 aliphatic rings. The van der Waals surface area contributed by atoms with Crippen LogP contribution in [-0.2, 0) is 19.6 Å². The molecule has 4 nitrogen and oxygen atoms in total. The van der Waals surface area contributed by atoms with Crippen molar-refractivity contribution in [1.29, 1.82) is 0 Å². The highest BCUT2D eigenvalue weighted by Crippen LogP contribution is 2.19. The van der Waals surface area contributed by atoms with Crippen molar-refractivity contribution in [2.75, 3.05) is 7.05 Å². The highest BCUT2D eigenvalue weighted by Gasteiger charge is 2.19. The van der Waals surface area contributed by atoms with Crippen molar-refractivity contribution in [3.05, 3.63) is 22.8 Å². The van der Waals surface area contributed by atoms with E-state index in [0.29, 0.717) is 5.92 Å². The van der Waals surface area contributed by atoms with Crippen LogP contribution in [0, 0.1) is 0 Å². The summed E-state index contributed by atoms with van der Waals surface area (Å²) in [7, 11) is 1.95. The van der Waals surface area contributed by atoms with Crippen LogP contribution in [0.3, 0.4) is 0 Å². The first-order valence-corrected chi connectivity index (χ1v) is 5.46. The van der Waals surface area contributed by atoms with Crippen LogP contribution in [0.5, 0.6) is 0 Å². The van der Waals surface area contributed by atoms with E-state index in [1.54, 1.807) is 0 Å². The molecule has 0 fully saturated rings. The van der Waals surface area contributed by atoms with Crippen molar-refractivity contribution in [3.63, 3.8) is 0 Å². The summed E-state index contributed by atoms with van der Waals surface area (Å²) in [5.41, 5.74) is 3.61. The van der Waals surface area contributed by atoms with Crippen molar-refractivity contribution in [2.45, 2.75) is 39.4 Å². The molecule has 2 rings (SSSR count). The van der Waals surface area contributed by atoms with E-state index >= 15 is 0 Å². The van der Waals surface area contributed by atoms with Crippen molar-refractivity contribution >= 4 is 0 Å². The van der Waals surface area contributed by atoms with Crippen LogP contribution in [-0.4, -0.2) is 17.0 Å². The summed E-state index contributed by atoms with van der Waals surface area (Å²) >= 11 is 0. The Morgan fingerprint density at radius 3 is 2.80 bits per heavy atom. The Bertz CT molecular complexity index is 360.